The van der Waals surface area contributed by atoms with E-state index in [1.165, 1.54) is 25.3 Å². The molecule has 0 saturated heterocycles. The van der Waals surface area contributed by atoms with E-state index >= 15 is 0 Å². The number of thioether (sulfide) groups is 1. The standard InChI is InChI=1S/C29H30ClFN4O7S/c1-15(2)27(34-25(37)11-18-10-17(8-9-24(18)41-4)29-32-16(3)35-42-29)28(40)33-22(12-26(38)39)23(36)14-43-13-19-20(30)6-5-7-21(19)31/h5-10,12,15,27H,11,13-14H2,1-4H3,(H,33,40)(H,34,37)(H,38,39)/t27-/m0/s1. The van der Waals surface area contributed by atoms with Crippen molar-refractivity contribution in [3.8, 4) is 17.2 Å². The Morgan fingerprint density at radius 1 is 1.21 bits per heavy atom. The first-order valence-electron chi connectivity index (χ1n) is 13.0. The van der Waals surface area contributed by atoms with Crippen molar-refractivity contribution in [2.24, 2.45) is 5.92 Å². The largest absolute Gasteiger partial charge is 0.496 e. The molecule has 3 aromatic rings. The normalized spacial score (nSPS) is 12.1. The molecule has 43 heavy (non-hydrogen) atoms. The lowest BCUT2D eigenvalue weighted by atomic mass is 10.0. The number of allylic oxidation sites excluding steroid dienone is 1. The first-order valence-corrected chi connectivity index (χ1v) is 14.5. The summed E-state index contributed by atoms with van der Waals surface area (Å²) in [5.41, 5.74) is 0.782. The summed E-state index contributed by atoms with van der Waals surface area (Å²) in [7, 11) is 1.45. The molecule has 0 bridgehead atoms. The summed E-state index contributed by atoms with van der Waals surface area (Å²) in [5, 5.41) is 18.2. The molecule has 0 aliphatic rings. The summed E-state index contributed by atoms with van der Waals surface area (Å²) in [5.74, 6) is -3.54. The third kappa shape index (κ3) is 9.38. The Morgan fingerprint density at radius 3 is 2.56 bits per heavy atom. The predicted octanol–water partition coefficient (Wildman–Crippen LogP) is 4.12. The number of halogens is 2. The van der Waals surface area contributed by atoms with Gasteiger partial charge in [-0.3, -0.25) is 14.4 Å². The van der Waals surface area contributed by atoms with Gasteiger partial charge in [0.15, 0.2) is 11.6 Å². The average Bonchev–Trinajstić information content (AvgIpc) is 3.38. The number of nitrogens with zero attached hydrogens (tertiary/aromatic N) is 2. The summed E-state index contributed by atoms with van der Waals surface area (Å²) in [6.07, 6.45) is 0.401. The summed E-state index contributed by atoms with van der Waals surface area (Å²) in [6.45, 7) is 5.04. The number of carboxylic acid groups (broad SMARTS) is 1. The number of carbonyl (C=O) groups is 4. The Kier molecular flexibility index (Phi) is 11.8. The number of aliphatic carboxylic acids is 1. The van der Waals surface area contributed by atoms with Gasteiger partial charge in [0, 0.05) is 27.5 Å². The molecule has 228 valence electrons. The van der Waals surface area contributed by atoms with E-state index in [1.807, 2.05) is 0 Å². The highest BCUT2D eigenvalue weighted by Gasteiger charge is 2.27. The van der Waals surface area contributed by atoms with E-state index in [2.05, 4.69) is 20.8 Å². The summed E-state index contributed by atoms with van der Waals surface area (Å²) >= 11 is 7.02. The van der Waals surface area contributed by atoms with E-state index < -0.39 is 47.0 Å². The van der Waals surface area contributed by atoms with Crippen LogP contribution in [-0.2, 0) is 31.4 Å². The van der Waals surface area contributed by atoms with Gasteiger partial charge in [0.1, 0.15) is 17.6 Å². The number of hydrogen-bond donors (Lipinski definition) is 3. The van der Waals surface area contributed by atoms with Gasteiger partial charge in [-0.2, -0.15) is 4.98 Å². The van der Waals surface area contributed by atoms with Crippen LogP contribution in [0.1, 0.15) is 30.8 Å². The van der Waals surface area contributed by atoms with Crippen LogP contribution in [0.4, 0.5) is 4.39 Å². The summed E-state index contributed by atoms with van der Waals surface area (Å²) in [4.78, 5) is 54.7. The second-order valence-electron chi connectivity index (χ2n) is 9.64. The van der Waals surface area contributed by atoms with Crippen LogP contribution in [0.3, 0.4) is 0 Å². The van der Waals surface area contributed by atoms with Crippen LogP contribution >= 0.6 is 23.4 Å². The van der Waals surface area contributed by atoms with E-state index in [9.17, 15) is 28.7 Å². The van der Waals surface area contributed by atoms with Crippen molar-refractivity contribution in [2.45, 2.75) is 39.0 Å². The lowest BCUT2D eigenvalue weighted by Gasteiger charge is -2.22. The number of Topliss-reactive ketones (excluding diaryl/α,β-unsaturated/α-hetero) is 1. The Bertz CT molecular complexity index is 1520. The highest BCUT2D eigenvalue weighted by atomic mass is 35.5. The van der Waals surface area contributed by atoms with Crippen molar-refractivity contribution in [1.29, 1.82) is 0 Å². The van der Waals surface area contributed by atoms with Crippen LogP contribution in [0.5, 0.6) is 5.75 Å². The molecule has 0 radical (unpaired) electrons. The van der Waals surface area contributed by atoms with E-state index in [0.29, 0.717) is 28.8 Å². The van der Waals surface area contributed by atoms with Crippen LogP contribution in [0, 0.1) is 18.7 Å². The molecule has 0 unspecified atom stereocenters. The number of ether oxygens (including phenoxy) is 1. The molecule has 1 heterocycles. The number of ketones is 1. The topological polar surface area (TPSA) is 161 Å². The summed E-state index contributed by atoms with van der Waals surface area (Å²) in [6, 6.07) is 8.10. The molecule has 0 saturated carbocycles. The lowest BCUT2D eigenvalue weighted by Crippen LogP contribution is -2.50. The number of benzene rings is 2. The maximum Gasteiger partial charge on any atom is 0.330 e. The number of hydrogen-bond acceptors (Lipinski definition) is 9. The van der Waals surface area contributed by atoms with Crippen LogP contribution in [0.2, 0.25) is 5.02 Å². The van der Waals surface area contributed by atoms with Crippen LogP contribution in [0.25, 0.3) is 11.5 Å². The Morgan fingerprint density at radius 2 is 1.95 bits per heavy atom. The fraction of sp³-hybridized carbons (Fsp3) is 0.310. The summed E-state index contributed by atoms with van der Waals surface area (Å²) < 4.78 is 24.6. The molecule has 1 atom stereocenters. The van der Waals surface area contributed by atoms with Gasteiger partial charge in [0.2, 0.25) is 11.8 Å². The van der Waals surface area contributed by atoms with Crippen molar-refractivity contribution < 1.29 is 37.9 Å². The number of amides is 2. The van der Waals surface area contributed by atoms with E-state index in [0.717, 1.165) is 11.8 Å². The maximum absolute atomic E-state index is 14.0. The van der Waals surface area contributed by atoms with Gasteiger partial charge in [-0.1, -0.05) is 36.7 Å². The number of rotatable bonds is 14. The number of carbonyl (C=O) groups excluding carboxylic acids is 3. The van der Waals surface area contributed by atoms with Gasteiger partial charge in [0.05, 0.1) is 31.1 Å². The van der Waals surface area contributed by atoms with Crippen LogP contribution in [-0.4, -0.2) is 57.7 Å². The molecule has 0 spiro atoms. The second-order valence-corrected chi connectivity index (χ2v) is 11.0. The molecular formula is C29H30ClFN4O7S. The van der Waals surface area contributed by atoms with E-state index in [4.69, 9.17) is 20.9 Å². The third-order valence-electron chi connectivity index (χ3n) is 6.04. The molecule has 3 N–H and O–H groups in total. The van der Waals surface area contributed by atoms with Crippen LogP contribution in [0.15, 0.2) is 52.7 Å². The van der Waals surface area contributed by atoms with Crippen molar-refractivity contribution in [3.05, 3.63) is 76.0 Å². The minimum Gasteiger partial charge on any atom is -0.496 e. The molecule has 0 aliphatic heterocycles. The third-order valence-corrected chi connectivity index (χ3v) is 7.35. The maximum atomic E-state index is 14.0. The quantitative estimate of drug-likeness (QED) is 0.221. The van der Waals surface area contributed by atoms with Gasteiger partial charge in [-0.25, -0.2) is 9.18 Å². The van der Waals surface area contributed by atoms with E-state index in [-0.39, 0.29) is 34.4 Å². The number of aromatic nitrogens is 2. The molecule has 11 nitrogen and oxygen atoms in total. The van der Waals surface area contributed by atoms with Gasteiger partial charge < -0.3 is 25.0 Å². The molecule has 3 rings (SSSR count). The molecule has 2 amide bonds. The average molecular weight is 633 g/mol. The van der Waals surface area contributed by atoms with Crippen molar-refractivity contribution >= 4 is 46.9 Å². The lowest BCUT2D eigenvalue weighted by molar-refractivity contribution is -0.132. The Hall–Kier alpha value is -4.23. The SMILES string of the molecule is COc1ccc(-c2nc(C)no2)cc1CC(=O)N[C@H](C(=O)NC(=CC(=O)O)C(=O)CSCc1c(F)cccc1Cl)C(C)C. The fourth-order valence-electron chi connectivity index (χ4n) is 3.91. The van der Waals surface area contributed by atoms with Gasteiger partial charge >= 0.3 is 5.97 Å². The first kappa shape index (κ1) is 33.3. The zero-order valence-corrected chi connectivity index (χ0v) is 25.3. The molecule has 14 heteroatoms. The monoisotopic (exact) mass is 632 g/mol. The van der Waals surface area contributed by atoms with E-state index in [1.54, 1.807) is 39.0 Å². The highest BCUT2D eigenvalue weighted by molar-refractivity contribution is 7.99. The number of nitrogens with one attached hydrogen (secondary N) is 2. The van der Waals surface area contributed by atoms with Crippen molar-refractivity contribution in [3.63, 3.8) is 0 Å². The van der Waals surface area contributed by atoms with Gasteiger partial charge in [-0.15, -0.1) is 11.8 Å². The smallest absolute Gasteiger partial charge is 0.330 e. The molecular weight excluding hydrogens is 603 g/mol. The number of methoxy groups -OCH3 is 1. The second kappa shape index (κ2) is 15.3. The highest BCUT2D eigenvalue weighted by Crippen LogP contribution is 2.27. The first-order chi connectivity index (χ1) is 20.4. The van der Waals surface area contributed by atoms with Gasteiger partial charge in [-0.05, 0) is 43.2 Å². The zero-order valence-electron chi connectivity index (χ0n) is 23.8. The number of aryl methyl sites for hydroxylation is 1. The number of carboxylic acids is 1. The van der Waals surface area contributed by atoms with Gasteiger partial charge in [0.25, 0.3) is 5.89 Å². The molecule has 1 aromatic heterocycles. The van der Waals surface area contributed by atoms with Crippen LogP contribution < -0.4 is 15.4 Å². The zero-order chi connectivity index (χ0) is 31.7. The fourth-order valence-corrected chi connectivity index (χ4v) is 5.16. The molecule has 2 aromatic carbocycles. The van der Waals surface area contributed by atoms with Crippen molar-refractivity contribution in [2.75, 3.05) is 12.9 Å². The molecule has 0 fully saturated rings. The minimum atomic E-state index is -1.46. The van der Waals surface area contributed by atoms with Crippen molar-refractivity contribution in [1.82, 2.24) is 20.8 Å². The minimum absolute atomic E-state index is 0.0486. The Labute approximate surface area is 256 Å². The Balaban J connectivity index is 1.69. The molecule has 0 aliphatic carbocycles. The predicted molar refractivity (Wildman–Crippen MR) is 158 cm³/mol.